The average Bonchev–Trinajstić information content (AvgIpc) is 3.63. The summed E-state index contributed by atoms with van der Waals surface area (Å²) in [7, 11) is 1.75. The van der Waals surface area contributed by atoms with Crippen LogP contribution in [0.25, 0.3) is 11.3 Å². The summed E-state index contributed by atoms with van der Waals surface area (Å²) in [4.78, 5) is 26.2. The van der Waals surface area contributed by atoms with Crippen molar-refractivity contribution in [3.8, 4) is 11.3 Å². The predicted octanol–water partition coefficient (Wildman–Crippen LogP) is 5.20. The van der Waals surface area contributed by atoms with Crippen LogP contribution in [0.1, 0.15) is 35.2 Å². The molecule has 39 heavy (non-hydrogen) atoms. The minimum atomic E-state index is -0.529. The number of guanidine groups is 1. The minimum Gasteiger partial charge on any atom is -0.340 e. The number of halogens is 2. The van der Waals surface area contributed by atoms with Gasteiger partial charge in [-0.15, -0.1) is 0 Å². The number of rotatable bonds is 5. The summed E-state index contributed by atoms with van der Waals surface area (Å²) in [5.41, 5.74) is 3.39. The lowest BCUT2D eigenvalue weighted by molar-refractivity contribution is 0.0866. The number of fused-ring (bicyclic) bond motifs is 5. The fourth-order valence-electron chi connectivity index (χ4n) is 5.74. The molecular weight excluding hydrogens is 500 g/mol. The molecule has 2 aromatic carbocycles. The van der Waals surface area contributed by atoms with E-state index < -0.39 is 5.95 Å². The third-order valence-electron chi connectivity index (χ3n) is 7.66. The van der Waals surface area contributed by atoms with E-state index in [1.807, 2.05) is 24.3 Å². The van der Waals surface area contributed by atoms with Gasteiger partial charge in [-0.05, 0) is 61.2 Å². The number of nitrogens with zero attached hydrogens (tertiary/aromatic N) is 6. The first-order valence-corrected chi connectivity index (χ1v) is 13.0. The van der Waals surface area contributed by atoms with Gasteiger partial charge in [-0.3, -0.25) is 14.6 Å². The second-order valence-electron chi connectivity index (χ2n) is 10.1. The van der Waals surface area contributed by atoms with Crippen LogP contribution >= 0.6 is 0 Å². The zero-order valence-electron chi connectivity index (χ0n) is 21.2. The van der Waals surface area contributed by atoms with E-state index in [1.54, 1.807) is 40.9 Å². The van der Waals surface area contributed by atoms with Crippen LogP contribution in [0.5, 0.6) is 0 Å². The van der Waals surface area contributed by atoms with E-state index in [2.05, 4.69) is 15.2 Å². The van der Waals surface area contributed by atoms with Crippen LogP contribution in [0.4, 0.5) is 26.1 Å². The van der Waals surface area contributed by atoms with Crippen LogP contribution in [0, 0.1) is 11.8 Å². The summed E-state index contributed by atoms with van der Waals surface area (Å²) in [6.45, 7) is 0.374. The fraction of sp³-hybridized carbons (Fsp3) is 0.241. The molecule has 2 aliphatic heterocycles. The number of benzene rings is 2. The van der Waals surface area contributed by atoms with Gasteiger partial charge in [0.2, 0.25) is 11.9 Å². The molecule has 1 amide bonds. The van der Waals surface area contributed by atoms with Gasteiger partial charge in [0.05, 0.1) is 24.3 Å². The number of carbonyl (C=O) groups is 1. The molecule has 0 spiro atoms. The fourth-order valence-corrected chi connectivity index (χ4v) is 5.74. The zero-order chi connectivity index (χ0) is 26.7. The van der Waals surface area contributed by atoms with Crippen molar-refractivity contribution in [1.82, 2.24) is 19.7 Å². The molecule has 7 rings (SSSR count). The predicted molar refractivity (Wildman–Crippen MR) is 144 cm³/mol. The van der Waals surface area contributed by atoms with E-state index in [4.69, 9.17) is 10.1 Å². The molecule has 10 heteroatoms. The van der Waals surface area contributed by atoms with Crippen molar-refractivity contribution in [2.24, 2.45) is 4.99 Å². The van der Waals surface area contributed by atoms with Gasteiger partial charge in [-0.1, -0.05) is 30.3 Å². The number of nitrogens with one attached hydrogen (secondary N) is 1. The minimum absolute atomic E-state index is 0.156. The first kappa shape index (κ1) is 23.5. The number of hydrogen-bond donors (Lipinski definition) is 1. The van der Waals surface area contributed by atoms with Crippen molar-refractivity contribution in [2.45, 2.75) is 37.9 Å². The second kappa shape index (κ2) is 9.00. The van der Waals surface area contributed by atoms with Gasteiger partial charge in [0, 0.05) is 18.3 Å². The Morgan fingerprint density at radius 2 is 1.79 bits per heavy atom. The number of hydrogen-bond acceptors (Lipinski definition) is 6. The highest BCUT2D eigenvalue weighted by molar-refractivity contribution is 6.21. The summed E-state index contributed by atoms with van der Waals surface area (Å²) in [5.74, 6) is 0.709. The van der Waals surface area contributed by atoms with Gasteiger partial charge < -0.3 is 5.32 Å². The normalized spacial score (nSPS) is 19.6. The topological polar surface area (TPSA) is 78.7 Å². The van der Waals surface area contributed by atoms with Crippen molar-refractivity contribution < 1.29 is 13.6 Å². The highest BCUT2D eigenvalue weighted by Gasteiger charge is 2.49. The van der Waals surface area contributed by atoms with Crippen LogP contribution in [0.15, 0.2) is 71.7 Å². The molecule has 2 atom stereocenters. The summed E-state index contributed by atoms with van der Waals surface area (Å²) >= 11 is 0. The third kappa shape index (κ3) is 3.94. The Morgan fingerprint density at radius 1 is 1.00 bits per heavy atom. The van der Waals surface area contributed by atoms with Crippen LogP contribution in [-0.4, -0.2) is 50.7 Å². The summed E-state index contributed by atoms with van der Waals surface area (Å²) in [6, 6.07) is 18.7. The number of aromatic nitrogens is 3. The Balaban J connectivity index is 1.29. The standard InChI is InChI=1S/C29H25F2N7O/c1-36-28(39)25-26(32-20-14-12-19(30)13-15-20)37(35-27(25)38-23-6-2-5-22(23)34-29(36)38)16-17-8-10-18(11-9-17)21-4-3-7-24(31)33-21/h3-4,7-15,22-23,32H,2,5-6,16H2,1H3/t22-,23+/m1/s1. The van der Waals surface area contributed by atoms with Crippen LogP contribution in [0.3, 0.4) is 0 Å². The van der Waals surface area contributed by atoms with Crippen molar-refractivity contribution >= 4 is 29.2 Å². The number of carbonyl (C=O) groups excluding carboxylic acids is 1. The lowest BCUT2D eigenvalue weighted by atomic mass is 10.1. The van der Waals surface area contributed by atoms with Crippen molar-refractivity contribution in [2.75, 3.05) is 17.3 Å². The molecule has 3 aliphatic rings. The maximum Gasteiger partial charge on any atom is 0.267 e. The number of aliphatic imine (C=N–C) groups is 1. The molecule has 1 aliphatic carbocycles. The molecular formula is C29H25F2N7O. The molecule has 1 fully saturated rings. The van der Waals surface area contributed by atoms with Gasteiger partial charge in [0.15, 0.2) is 5.82 Å². The number of pyridine rings is 1. The van der Waals surface area contributed by atoms with Gasteiger partial charge in [0.1, 0.15) is 17.2 Å². The molecule has 4 heterocycles. The van der Waals surface area contributed by atoms with E-state index in [-0.39, 0.29) is 23.8 Å². The summed E-state index contributed by atoms with van der Waals surface area (Å²) in [6.07, 6.45) is 3.07. The van der Waals surface area contributed by atoms with Crippen LogP contribution < -0.4 is 10.2 Å². The lowest BCUT2D eigenvalue weighted by Crippen LogP contribution is -2.51. The Hall–Kier alpha value is -4.60. The SMILES string of the molecule is CN1C(=O)c2c(nn(Cc3ccc(-c4cccc(F)n4)cc3)c2Nc2ccc(F)cc2)N2C1=N[C@@H]1CCC[C@@H]12. The van der Waals surface area contributed by atoms with E-state index in [1.165, 1.54) is 18.2 Å². The Bertz CT molecular complexity index is 1610. The van der Waals surface area contributed by atoms with Crippen molar-refractivity contribution in [3.05, 3.63) is 89.6 Å². The highest BCUT2D eigenvalue weighted by atomic mass is 19.1. The molecule has 2 aromatic heterocycles. The van der Waals surface area contributed by atoms with Gasteiger partial charge >= 0.3 is 0 Å². The summed E-state index contributed by atoms with van der Waals surface area (Å²) in [5, 5.41) is 8.29. The number of amides is 1. The number of anilines is 3. The molecule has 0 radical (unpaired) electrons. The lowest BCUT2D eigenvalue weighted by Gasteiger charge is -2.34. The molecule has 196 valence electrons. The molecule has 1 N–H and O–H groups in total. The molecule has 8 nitrogen and oxygen atoms in total. The smallest absolute Gasteiger partial charge is 0.267 e. The first-order valence-electron chi connectivity index (χ1n) is 13.0. The summed E-state index contributed by atoms with van der Waals surface area (Å²) < 4.78 is 29.0. The van der Waals surface area contributed by atoms with Gasteiger partial charge in [-0.2, -0.15) is 9.49 Å². The third-order valence-corrected chi connectivity index (χ3v) is 7.66. The maximum absolute atomic E-state index is 13.7. The van der Waals surface area contributed by atoms with E-state index in [9.17, 15) is 13.6 Å². The Morgan fingerprint density at radius 3 is 2.56 bits per heavy atom. The van der Waals surface area contributed by atoms with E-state index in [0.717, 1.165) is 30.4 Å². The van der Waals surface area contributed by atoms with Crippen LogP contribution in [-0.2, 0) is 6.54 Å². The van der Waals surface area contributed by atoms with Crippen LogP contribution in [0.2, 0.25) is 0 Å². The molecule has 1 saturated carbocycles. The largest absolute Gasteiger partial charge is 0.340 e. The van der Waals surface area contributed by atoms with Gasteiger partial charge in [-0.25, -0.2) is 19.0 Å². The van der Waals surface area contributed by atoms with E-state index in [0.29, 0.717) is 41.1 Å². The Labute approximate surface area is 223 Å². The molecule has 0 saturated heterocycles. The second-order valence-corrected chi connectivity index (χ2v) is 10.1. The molecule has 4 aromatic rings. The average molecular weight is 526 g/mol. The Kier molecular flexibility index (Phi) is 5.43. The maximum atomic E-state index is 13.7. The van der Waals surface area contributed by atoms with Gasteiger partial charge in [0.25, 0.3) is 5.91 Å². The molecule has 0 bridgehead atoms. The van der Waals surface area contributed by atoms with Crippen molar-refractivity contribution in [1.29, 1.82) is 0 Å². The quantitative estimate of drug-likeness (QED) is 0.363. The monoisotopic (exact) mass is 525 g/mol. The first-order chi connectivity index (χ1) is 19.0. The van der Waals surface area contributed by atoms with Crippen molar-refractivity contribution in [3.63, 3.8) is 0 Å². The highest BCUT2D eigenvalue weighted by Crippen LogP contribution is 2.43. The zero-order valence-corrected chi connectivity index (χ0v) is 21.2. The molecule has 0 unspecified atom stereocenters. The van der Waals surface area contributed by atoms with E-state index >= 15 is 0 Å².